The standard InChI is InChI=1S/C18H24N4O7/c1-9(2)28-8-22-20-15(10(3)29-18(24)25)16(21-22)17(23)11-6-13(26-4)14(27-5)7-12(11)19/h6-7,9-10H,8,19H2,1-5H3,(H,24,25). The molecule has 3 N–H and O–H groups in total. The number of anilines is 1. The maximum Gasteiger partial charge on any atom is 0.506 e. The van der Waals surface area contributed by atoms with Gasteiger partial charge in [0.25, 0.3) is 0 Å². The third kappa shape index (κ3) is 5.13. The Hall–Kier alpha value is -3.34. The van der Waals surface area contributed by atoms with Gasteiger partial charge in [0.1, 0.15) is 11.8 Å². The van der Waals surface area contributed by atoms with E-state index in [1.54, 1.807) is 0 Å². The largest absolute Gasteiger partial charge is 0.506 e. The number of nitrogens with zero attached hydrogens (tertiary/aromatic N) is 3. The van der Waals surface area contributed by atoms with Gasteiger partial charge < -0.3 is 29.8 Å². The molecule has 0 aliphatic heterocycles. The summed E-state index contributed by atoms with van der Waals surface area (Å²) in [4.78, 5) is 25.2. The van der Waals surface area contributed by atoms with Crippen molar-refractivity contribution in [2.24, 2.45) is 0 Å². The average Bonchev–Trinajstić information content (AvgIpc) is 3.09. The number of ether oxygens (including phenoxy) is 4. The van der Waals surface area contributed by atoms with Gasteiger partial charge in [0.15, 0.2) is 23.9 Å². The van der Waals surface area contributed by atoms with E-state index in [0.717, 1.165) is 4.80 Å². The van der Waals surface area contributed by atoms with Gasteiger partial charge in [0.05, 0.1) is 25.9 Å². The molecule has 0 aliphatic rings. The van der Waals surface area contributed by atoms with Gasteiger partial charge in [-0.05, 0) is 26.8 Å². The zero-order valence-electron chi connectivity index (χ0n) is 16.8. The van der Waals surface area contributed by atoms with Crippen LogP contribution in [0.1, 0.15) is 48.6 Å². The van der Waals surface area contributed by atoms with E-state index in [1.165, 1.54) is 33.3 Å². The van der Waals surface area contributed by atoms with E-state index >= 15 is 0 Å². The summed E-state index contributed by atoms with van der Waals surface area (Å²) in [5.41, 5.74) is 6.18. The van der Waals surface area contributed by atoms with Crippen LogP contribution in [0.25, 0.3) is 0 Å². The van der Waals surface area contributed by atoms with Crippen molar-refractivity contribution in [2.75, 3.05) is 20.0 Å². The Kier molecular flexibility index (Phi) is 6.99. The minimum Gasteiger partial charge on any atom is -0.493 e. The van der Waals surface area contributed by atoms with Crippen molar-refractivity contribution in [3.63, 3.8) is 0 Å². The maximum absolute atomic E-state index is 13.2. The first kappa shape index (κ1) is 22.0. The summed E-state index contributed by atoms with van der Waals surface area (Å²) in [6.07, 6.45) is -2.65. The zero-order valence-corrected chi connectivity index (χ0v) is 16.8. The van der Waals surface area contributed by atoms with Crippen molar-refractivity contribution >= 4 is 17.6 Å². The second-order valence-corrected chi connectivity index (χ2v) is 6.30. The molecule has 158 valence electrons. The lowest BCUT2D eigenvalue weighted by Gasteiger charge is -2.12. The van der Waals surface area contributed by atoms with Crippen LogP contribution >= 0.6 is 0 Å². The molecular weight excluding hydrogens is 384 g/mol. The number of ketones is 1. The van der Waals surface area contributed by atoms with Crippen molar-refractivity contribution in [2.45, 2.75) is 39.7 Å². The third-order valence-electron chi connectivity index (χ3n) is 3.88. The molecule has 2 aromatic rings. The number of carboxylic acid groups (broad SMARTS) is 1. The summed E-state index contributed by atoms with van der Waals surface area (Å²) < 4.78 is 20.6. The number of methoxy groups -OCH3 is 2. The van der Waals surface area contributed by atoms with Gasteiger partial charge in [-0.2, -0.15) is 9.90 Å². The number of rotatable bonds is 9. The molecule has 29 heavy (non-hydrogen) atoms. The molecule has 1 heterocycles. The van der Waals surface area contributed by atoms with Crippen molar-refractivity contribution in [1.82, 2.24) is 15.0 Å². The van der Waals surface area contributed by atoms with E-state index in [2.05, 4.69) is 10.2 Å². The smallest absolute Gasteiger partial charge is 0.493 e. The summed E-state index contributed by atoms with van der Waals surface area (Å²) in [5.74, 6) is 0.0883. The van der Waals surface area contributed by atoms with Gasteiger partial charge in [-0.1, -0.05) is 0 Å². The van der Waals surface area contributed by atoms with Crippen molar-refractivity contribution < 1.29 is 33.6 Å². The second-order valence-electron chi connectivity index (χ2n) is 6.30. The molecule has 0 bridgehead atoms. The van der Waals surface area contributed by atoms with Gasteiger partial charge in [-0.3, -0.25) is 4.79 Å². The number of nitrogen functional groups attached to an aromatic ring is 1. The monoisotopic (exact) mass is 408 g/mol. The molecule has 0 fully saturated rings. The predicted molar refractivity (Wildman–Crippen MR) is 101 cm³/mol. The van der Waals surface area contributed by atoms with Gasteiger partial charge in [0, 0.05) is 11.8 Å². The van der Waals surface area contributed by atoms with Crippen LogP contribution in [0.15, 0.2) is 12.1 Å². The van der Waals surface area contributed by atoms with Crippen LogP contribution < -0.4 is 15.2 Å². The quantitative estimate of drug-likeness (QED) is 0.359. The summed E-state index contributed by atoms with van der Waals surface area (Å²) in [6.45, 7) is 5.08. The average molecular weight is 408 g/mol. The molecule has 1 atom stereocenters. The Balaban J connectivity index is 2.50. The van der Waals surface area contributed by atoms with Crippen molar-refractivity contribution in [3.05, 3.63) is 29.1 Å². The lowest BCUT2D eigenvalue weighted by atomic mass is 10.0. The van der Waals surface area contributed by atoms with E-state index in [9.17, 15) is 9.59 Å². The summed E-state index contributed by atoms with van der Waals surface area (Å²) >= 11 is 0. The third-order valence-corrected chi connectivity index (χ3v) is 3.88. The minimum absolute atomic E-state index is 0.0286. The topological polar surface area (TPSA) is 148 Å². The Morgan fingerprint density at radius 3 is 2.31 bits per heavy atom. The Morgan fingerprint density at radius 2 is 1.76 bits per heavy atom. The normalized spacial score (nSPS) is 11.9. The van der Waals surface area contributed by atoms with Crippen molar-refractivity contribution in [3.8, 4) is 11.5 Å². The molecule has 0 saturated carbocycles. The Bertz CT molecular complexity index is 895. The number of benzene rings is 1. The zero-order chi connectivity index (χ0) is 21.7. The first-order valence-corrected chi connectivity index (χ1v) is 8.70. The number of hydrogen-bond donors (Lipinski definition) is 2. The number of carbonyl (C=O) groups excluding carboxylic acids is 1. The molecule has 0 amide bonds. The van der Waals surface area contributed by atoms with Crippen LogP contribution in [0, 0.1) is 0 Å². The second kappa shape index (κ2) is 9.24. The maximum atomic E-state index is 13.2. The molecule has 1 unspecified atom stereocenters. The molecule has 2 rings (SSSR count). The molecule has 1 aromatic carbocycles. The lowest BCUT2D eigenvalue weighted by Crippen LogP contribution is -2.13. The molecule has 1 aromatic heterocycles. The molecule has 0 radical (unpaired) electrons. The van der Waals surface area contributed by atoms with Crippen LogP contribution in [0.2, 0.25) is 0 Å². The Labute approximate surface area is 167 Å². The number of carbonyl (C=O) groups is 2. The molecule has 11 nitrogen and oxygen atoms in total. The van der Waals surface area contributed by atoms with Crippen LogP contribution in [0.3, 0.4) is 0 Å². The predicted octanol–water partition coefficient (Wildman–Crippen LogP) is 2.25. The lowest BCUT2D eigenvalue weighted by molar-refractivity contribution is 0.0133. The van der Waals surface area contributed by atoms with Crippen LogP contribution in [-0.2, 0) is 16.2 Å². The van der Waals surface area contributed by atoms with E-state index in [1.807, 2.05) is 13.8 Å². The molecule has 0 saturated heterocycles. The van der Waals surface area contributed by atoms with Crippen LogP contribution in [0.4, 0.5) is 10.5 Å². The molecule has 0 spiro atoms. The van der Waals surface area contributed by atoms with Crippen LogP contribution in [0.5, 0.6) is 11.5 Å². The Morgan fingerprint density at radius 1 is 1.14 bits per heavy atom. The van der Waals surface area contributed by atoms with Gasteiger partial charge in [-0.15, -0.1) is 5.10 Å². The van der Waals surface area contributed by atoms with E-state index < -0.39 is 18.0 Å². The van der Waals surface area contributed by atoms with Gasteiger partial charge in [0.2, 0.25) is 5.78 Å². The fraction of sp³-hybridized carbons (Fsp3) is 0.444. The first-order valence-electron chi connectivity index (χ1n) is 8.70. The highest BCUT2D eigenvalue weighted by Crippen LogP contribution is 2.33. The van der Waals surface area contributed by atoms with E-state index in [0.29, 0.717) is 11.5 Å². The highest BCUT2D eigenvalue weighted by Gasteiger charge is 2.28. The summed E-state index contributed by atoms with van der Waals surface area (Å²) in [6, 6.07) is 2.88. The van der Waals surface area contributed by atoms with Crippen molar-refractivity contribution in [1.29, 1.82) is 0 Å². The van der Waals surface area contributed by atoms with E-state index in [-0.39, 0.29) is 35.5 Å². The van der Waals surface area contributed by atoms with Gasteiger partial charge in [-0.25, -0.2) is 4.79 Å². The fourth-order valence-electron chi connectivity index (χ4n) is 2.50. The van der Waals surface area contributed by atoms with E-state index in [4.69, 9.17) is 29.8 Å². The number of hydrogen-bond acceptors (Lipinski definition) is 9. The van der Waals surface area contributed by atoms with Gasteiger partial charge >= 0.3 is 6.16 Å². The first-order chi connectivity index (χ1) is 13.7. The SMILES string of the molecule is COc1cc(N)c(C(=O)c2nn(COC(C)C)nc2C(C)OC(=O)O)cc1OC. The molecular formula is C18H24N4O7. The number of aromatic nitrogens is 3. The highest BCUT2D eigenvalue weighted by molar-refractivity contribution is 6.12. The summed E-state index contributed by atoms with van der Waals surface area (Å²) in [7, 11) is 2.87. The molecule has 11 heteroatoms. The number of nitrogens with two attached hydrogens (primary N) is 1. The highest BCUT2D eigenvalue weighted by atomic mass is 16.7. The minimum atomic E-state index is -1.51. The molecule has 0 aliphatic carbocycles. The fourth-order valence-corrected chi connectivity index (χ4v) is 2.50. The summed E-state index contributed by atoms with van der Waals surface area (Å²) in [5, 5.41) is 17.2. The van der Waals surface area contributed by atoms with Crippen LogP contribution in [-0.4, -0.2) is 52.4 Å².